The molecule has 0 unspecified atom stereocenters. The van der Waals surface area contributed by atoms with Gasteiger partial charge in [-0.3, -0.25) is 19.2 Å². The molecule has 9 heteroatoms. The predicted molar refractivity (Wildman–Crippen MR) is 143 cm³/mol. The number of rotatable bonds is 2. The summed E-state index contributed by atoms with van der Waals surface area (Å²) in [6, 6.07) is 13.0. The number of hydrogen-bond acceptors (Lipinski definition) is 5. The van der Waals surface area contributed by atoms with Crippen molar-refractivity contribution in [2.75, 3.05) is 33.3 Å². The summed E-state index contributed by atoms with van der Waals surface area (Å²) in [6.07, 6.45) is 1.11. The molecule has 2 aromatic rings. The van der Waals surface area contributed by atoms with Crippen LogP contribution >= 0.6 is 0 Å². The minimum Gasteiger partial charge on any atom is -0.491 e. The zero-order valence-electron chi connectivity index (χ0n) is 22.2. The van der Waals surface area contributed by atoms with E-state index in [0.29, 0.717) is 31.7 Å². The second-order valence-electron chi connectivity index (χ2n) is 10.2. The van der Waals surface area contributed by atoms with E-state index < -0.39 is 23.9 Å². The zero-order chi connectivity index (χ0) is 27.2. The molecule has 0 fully saturated rings. The van der Waals surface area contributed by atoms with Gasteiger partial charge in [0.25, 0.3) is 5.91 Å². The van der Waals surface area contributed by atoms with Gasteiger partial charge in [-0.05, 0) is 42.0 Å². The van der Waals surface area contributed by atoms with Crippen LogP contribution in [0.4, 0.5) is 0 Å². The zero-order valence-corrected chi connectivity index (χ0v) is 22.2. The van der Waals surface area contributed by atoms with Crippen LogP contribution in [0.15, 0.2) is 48.5 Å². The van der Waals surface area contributed by atoms with Crippen molar-refractivity contribution in [2.24, 2.45) is 5.92 Å². The highest BCUT2D eigenvalue weighted by Gasteiger charge is 2.33. The molecule has 2 aliphatic heterocycles. The third-order valence-corrected chi connectivity index (χ3v) is 7.17. The molecule has 2 heterocycles. The van der Waals surface area contributed by atoms with Crippen molar-refractivity contribution in [2.45, 2.75) is 45.2 Å². The molecule has 0 bridgehead atoms. The molecule has 2 N–H and O–H groups in total. The van der Waals surface area contributed by atoms with Gasteiger partial charge < -0.3 is 25.2 Å². The molecule has 2 aliphatic rings. The quantitative estimate of drug-likeness (QED) is 0.628. The molecule has 9 nitrogen and oxygen atoms in total. The second-order valence-corrected chi connectivity index (χ2v) is 10.2. The summed E-state index contributed by atoms with van der Waals surface area (Å²) in [7, 11) is 1.65. The van der Waals surface area contributed by atoms with Crippen molar-refractivity contribution in [3.05, 3.63) is 65.2 Å². The fourth-order valence-electron chi connectivity index (χ4n) is 4.90. The normalized spacial score (nSPS) is 21.3. The number of carbonyl (C=O) groups excluding carboxylic acids is 4. The highest BCUT2D eigenvalue weighted by Crippen LogP contribution is 2.20. The van der Waals surface area contributed by atoms with Crippen molar-refractivity contribution in [1.82, 2.24) is 20.4 Å². The van der Waals surface area contributed by atoms with Crippen molar-refractivity contribution in [1.29, 1.82) is 0 Å². The van der Waals surface area contributed by atoms with Crippen LogP contribution in [0.1, 0.15) is 41.8 Å². The number of nitrogens with zero attached hydrogens (tertiary/aromatic N) is 2. The first-order valence-electron chi connectivity index (χ1n) is 13.2. The Morgan fingerprint density at radius 1 is 0.921 bits per heavy atom. The second kappa shape index (κ2) is 12.1. The lowest BCUT2D eigenvalue weighted by Crippen LogP contribution is -2.54. The number of carbonyl (C=O) groups is 4. The Hall–Kier alpha value is -3.88. The molecule has 4 amide bonds. The van der Waals surface area contributed by atoms with Gasteiger partial charge in [-0.2, -0.15) is 0 Å². The first kappa shape index (κ1) is 27.2. The van der Waals surface area contributed by atoms with E-state index in [0.717, 1.165) is 0 Å². The van der Waals surface area contributed by atoms with E-state index in [1.54, 1.807) is 36.2 Å². The summed E-state index contributed by atoms with van der Waals surface area (Å²) < 4.78 is 5.87. The van der Waals surface area contributed by atoms with E-state index in [1.807, 2.05) is 26.0 Å². The van der Waals surface area contributed by atoms with Gasteiger partial charge in [-0.15, -0.1) is 0 Å². The number of likely N-dealkylation sites (N-methyl/N-ethyl adjacent to an activating group) is 1. The molecule has 2 atom stereocenters. The van der Waals surface area contributed by atoms with E-state index in [-0.39, 0.29) is 42.9 Å². The maximum Gasteiger partial charge on any atom is 0.255 e. The number of para-hydroxylation sites is 1. The van der Waals surface area contributed by atoms with Crippen molar-refractivity contribution in [3.8, 4) is 5.75 Å². The summed E-state index contributed by atoms with van der Waals surface area (Å²) in [6.45, 7) is 5.13. The standard InChI is InChI=1S/C29H36N4O5/c1-19(2)26-29(37)32(3)16-17-38-24-11-7-6-10-22(24)27(35)30-23(18-25(34)31-26)28(36)33-14-12-20-8-4-5-9-21(20)13-15-33/h4-11,19,23,26H,12-18H2,1-3H3,(H,30,35)(H,31,34)/t23-,26+/m0/s1. The van der Waals surface area contributed by atoms with Crippen LogP contribution < -0.4 is 15.4 Å². The molecule has 4 rings (SSSR count). The number of benzene rings is 2. The maximum absolute atomic E-state index is 13.8. The summed E-state index contributed by atoms with van der Waals surface area (Å²) >= 11 is 0. The van der Waals surface area contributed by atoms with Gasteiger partial charge in [0.2, 0.25) is 17.7 Å². The topological polar surface area (TPSA) is 108 Å². The molecule has 0 saturated heterocycles. The van der Waals surface area contributed by atoms with Gasteiger partial charge in [0.15, 0.2) is 0 Å². The Labute approximate surface area is 223 Å². The van der Waals surface area contributed by atoms with Crippen LogP contribution in [0.5, 0.6) is 5.75 Å². The summed E-state index contributed by atoms with van der Waals surface area (Å²) in [4.78, 5) is 56.6. The summed E-state index contributed by atoms with van der Waals surface area (Å²) in [5.41, 5.74) is 2.66. The van der Waals surface area contributed by atoms with Gasteiger partial charge in [0, 0.05) is 20.1 Å². The molecular formula is C29H36N4O5. The molecule has 0 aliphatic carbocycles. The van der Waals surface area contributed by atoms with Crippen LogP contribution in [-0.4, -0.2) is 78.8 Å². The minimum absolute atomic E-state index is 0.169. The molecule has 0 saturated carbocycles. The lowest BCUT2D eigenvalue weighted by Gasteiger charge is -2.30. The van der Waals surface area contributed by atoms with E-state index in [9.17, 15) is 19.2 Å². The van der Waals surface area contributed by atoms with Gasteiger partial charge in [-0.1, -0.05) is 50.2 Å². The van der Waals surface area contributed by atoms with Gasteiger partial charge >= 0.3 is 0 Å². The number of amides is 4. The Morgan fingerprint density at radius 2 is 1.55 bits per heavy atom. The Balaban J connectivity index is 1.62. The molecule has 202 valence electrons. The number of fused-ring (bicyclic) bond motifs is 2. The number of hydrogen-bond donors (Lipinski definition) is 2. The largest absolute Gasteiger partial charge is 0.491 e. The van der Waals surface area contributed by atoms with E-state index in [4.69, 9.17) is 4.74 Å². The van der Waals surface area contributed by atoms with Crippen molar-refractivity contribution < 1.29 is 23.9 Å². The average molecular weight is 521 g/mol. The minimum atomic E-state index is -1.10. The van der Waals surface area contributed by atoms with Crippen LogP contribution in [0.3, 0.4) is 0 Å². The smallest absolute Gasteiger partial charge is 0.255 e. The molecule has 0 radical (unpaired) electrons. The lowest BCUT2D eigenvalue weighted by molar-refractivity contribution is -0.138. The lowest BCUT2D eigenvalue weighted by atomic mass is 10.0. The van der Waals surface area contributed by atoms with Crippen molar-refractivity contribution in [3.63, 3.8) is 0 Å². The fourth-order valence-corrected chi connectivity index (χ4v) is 4.90. The molecule has 2 aromatic carbocycles. The Kier molecular flexibility index (Phi) is 8.66. The van der Waals surface area contributed by atoms with Crippen LogP contribution in [0.2, 0.25) is 0 Å². The van der Waals surface area contributed by atoms with E-state index in [2.05, 4.69) is 22.8 Å². The monoisotopic (exact) mass is 520 g/mol. The van der Waals surface area contributed by atoms with Crippen LogP contribution in [-0.2, 0) is 27.2 Å². The van der Waals surface area contributed by atoms with E-state index in [1.165, 1.54) is 16.0 Å². The van der Waals surface area contributed by atoms with Gasteiger partial charge in [-0.25, -0.2) is 0 Å². The Bertz CT molecular complexity index is 1170. The van der Waals surface area contributed by atoms with Gasteiger partial charge in [0.1, 0.15) is 24.4 Å². The third kappa shape index (κ3) is 6.33. The highest BCUT2D eigenvalue weighted by molar-refractivity contribution is 6.01. The molecule has 38 heavy (non-hydrogen) atoms. The van der Waals surface area contributed by atoms with Crippen molar-refractivity contribution >= 4 is 23.6 Å². The predicted octanol–water partition coefficient (Wildman–Crippen LogP) is 1.79. The maximum atomic E-state index is 13.8. The SMILES string of the molecule is CC(C)[C@H]1NC(=O)C[C@@H](C(=O)N2CCc3ccccc3CC2)NC(=O)c2ccccc2OCCN(C)C1=O. The van der Waals surface area contributed by atoms with E-state index >= 15 is 0 Å². The van der Waals surface area contributed by atoms with Crippen LogP contribution in [0, 0.1) is 5.92 Å². The van der Waals surface area contributed by atoms with Gasteiger partial charge in [0.05, 0.1) is 18.5 Å². The summed E-state index contributed by atoms with van der Waals surface area (Å²) in [5, 5.41) is 5.60. The van der Waals surface area contributed by atoms with Crippen LogP contribution in [0.25, 0.3) is 0 Å². The fraction of sp³-hybridized carbons (Fsp3) is 0.448. The average Bonchev–Trinajstić information content (AvgIpc) is 3.13. The molecule has 0 aromatic heterocycles. The number of nitrogens with one attached hydrogen (secondary N) is 2. The Morgan fingerprint density at radius 3 is 2.21 bits per heavy atom. The third-order valence-electron chi connectivity index (χ3n) is 7.17. The first-order chi connectivity index (χ1) is 18.2. The molecular weight excluding hydrogens is 484 g/mol. The first-order valence-corrected chi connectivity index (χ1v) is 13.2. The highest BCUT2D eigenvalue weighted by atomic mass is 16.5. The summed E-state index contributed by atoms with van der Waals surface area (Å²) in [5.74, 6) is -1.34. The molecule has 0 spiro atoms. The number of ether oxygens (including phenoxy) is 1.